The molecule has 1 aromatic heterocycles. The molecule has 0 aromatic carbocycles. The van der Waals surface area contributed by atoms with Crippen LogP contribution >= 0.6 is 11.3 Å². The summed E-state index contributed by atoms with van der Waals surface area (Å²) in [5.41, 5.74) is 1.07. The Hall–Kier alpha value is -1.36. The summed E-state index contributed by atoms with van der Waals surface area (Å²) < 4.78 is 0. The molecule has 2 aliphatic heterocycles. The molecule has 2 aliphatic rings. The molecule has 4 nitrogen and oxygen atoms in total. The van der Waals surface area contributed by atoms with Gasteiger partial charge in [0.2, 0.25) is 5.91 Å². The lowest BCUT2D eigenvalue weighted by Crippen LogP contribution is -2.51. The Morgan fingerprint density at radius 3 is 2.90 bits per heavy atom. The van der Waals surface area contributed by atoms with Crippen molar-refractivity contribution in [2.75, 3.05) is 20.1 Å². The molecule has 3 heterocycles. The van der Waals surface area contributed by atoms with Crippen molar-refractivity contribution in [2.45, 2.75) is 38.6 Å². The van der Waals surface area contributed by atoms with E-state index in [9.17, 15) is 9.59 Å². The van der Waals surface area contributed by atoms with Crippen LogP contribution in [-0.2, 0) is 4.79 Å². The van der Waals surface area contributed by atoms with Crippen molar-refractivity contribution in [1.29, 1.82) is 0 Å². The van der Waals surface area contributed by atoms with Crippen LogP contribution in [0, 0.1) is 12.8 Å². The summed E-state index contributed by atoms with van der Waals surface area (Å²) >= 11 is 1.53. The zero-order valence-corrected chi connectivity index (χ0v) is 13.5. The molecule has 0 spiro atoms. The van der Waals surface area contributed by atoms with Crippen molar-refractivity contribution < 1.29 is 9.59 Å². The number of carbonyl (C=O) groups is 2. The SMILES string of the molecule is Cc1ccsc1C(=O)N1CC[C@@H]2[C@@H](CCCC(=O)N2C)C1. The molecular formula is C16H22N2O2S. The molecule has 0 aliphatic carbocycles. The minimum absolute atomic E-state index is 0.166. The Morgan fingerprint density at radius 2 is 2.19 bits per heavy atom. The first-order chi connectivity index (χ1) is 10.1. The fourth-order valence-electron chi connectivity index (χ4n) is 3.61. The van der Waals surface area contributed by atoms with Crippen molar-refractivity contribution in [3.63, 3.8) is 0 Å². The number of amides is 2. The van der Waals surface area contributed by atoms with Gasteiger partial charge in [-0.3, -0.25) is 9.59 Å². The van der Waals surface area contributed by atoms with Crippen LogP contribution in [0.4, 0.5) is 0 Å². The molecule has 2 amide bonds. The molecule has 0 saturated carbocycles. The van der Waals surface area contributed by atoms with Crippen molar-refractivity contribution >= 4 is 23.2 Å². The summed E-state index contributed by atoms with van der Waals surface area (Å²) in [5.74, 6) is 0.856. The van der Waals surface area contributed by atoms with Crippen LogP contribution in [-0.4, -0.2) is 47.8 Å². The maximum Gasteiger partial charge on any atom is 0.264 e. The van der Waals surface area contributed by atoms with E-state index in [1.54, 1.807) is 0 Å². The van der Waals surface area contributed by atoms with Gasteiger partial charge in [0.1, 0.15) is 0 Å². The van der Waals surface area contributed by atoms with E-state index in [0.717, 1.165) is 42.8 Å². The maximum absolute atomic E-state index is 12.6. The summed E-state index contributed by atoms with van der Waals surface area (Å²) in [6.45, 7) is 3.54. The first-order valence-corrected chi connectivity index (χ1v) is 8.55. The van der Waals surface area contributed by atoms with Crippen molar-refractivity contribution in [1.82, 2.24) is 9.80 Å². The van der Waals surface area contributed by atoms with Gasteiger partial charge in [-0.1, -0.05) is 0 Å². The molecule has 0 unspecified atom stereocenters. The average molecular weight is 306 g/mol. The highest BCUT2D eigenvalue weighted by Crippen LogP contribution is 2.31. The van der Waals surface area contributed by atoms with Gasteiger partial charge in [-0.2, -0.15) is 0 Å². The third kappa shape index (κ3) is 2.71. The normalized spacial score (nSPS) is 26.5. The monoisotopic (exact) mass is 306 g/mol. The van der Waals surface area contributed by atoms with Crippen molar-refractivity contribution in [3.05, 3.63) is 21.9 Å². The van der Waals surface area contributed by atoms with Gasteiger partial charge in [-0.05, 0) is 49.1 Å². The van der Waals surface area contributed by atoms with Gasteiger partial charge in [-0.25, -0.2) is 0 Å². The highest BCUT2D eigenvalue weighted by molar-refractivity contribution is 7.12. The van der Waals surface area contributed by atoms with Crippen LogP contribution in [0.5, 0.6) is 0 Å². The zero-order valence-electron chi connectivity index (χ0n) is 12.7. The Labute approximate surface area is 129 Å². The molecule has 5 heteroatoms. The summed E-state index contributed by atoms with van der Waals surface area (Å²) in [6.07, 6.45) is 3.56. The number of piperidine rings is 1. The van der Waals surface area contributed by atoms with Gasteiger partial charge in [-0.15, -0.1) is 11.3 Å². The standard InChI is InChI=1S/C16H22N2O2S/c1-11-7-9-21-15(11)16(20)18-8-6-13-12(10-18)4-3-5-14(19)17(13)2/h7,9,12-13H,3-6,8,10H2,1-2H3/t12-,13+/m0/s1. The Kier molecular flexibility index (Phi) is 4.02. The highest BCUT2D eigenvalue weighted by atomic mass is 32.1. The first kappa shape index (κ1) is 14.6. The summed E-state index contributed by atoms with van der Waals surface area (Å²) in [7, 11) is 1.92. The largest absolute Gasteiger partial charge is 0.342 e. The molecule has 0 N–H and O–H groups in total. The summed E-state index contributed by atoms with van der Waals surface area (Å²) in [4.78, 5) is 29.4. The topological polar surface area (TPSA) is 40.6 Å². The molecule has 1 aromatic rings. The number of nitrogens with zero attached hydrogens (tertiary/aromatic N) is 2. The maximum atomic E-state index is 12.6. The summed E-state index contributed by atoms with van der Waals surface area (Å²) in [6, 6.07) is 2.32. The van der Waals surface area contributed by atoms with E-state index in [1.807, 2.05) is 35.2 Å². The Morgan fingerprint density at radius 1 is 1.38 bits per heavy atom. The van der Waals surface area contributed by atoms with Crippen LogP contribution in [0.3, 0.4) is 0 Å². The summed E-state index contributed by atoms with van der Waals surface area (Å²) in [5, 5.41) is 1.98. The number of likely N-dealkylation sites (tertiary alicyclic amines) is 2. The Bertz CT molecular complexity index is 554. The van der Waals surface area contributed by atoms with Gasteiger partial charge < -0.3 is 9.80 Å². The van der Waals surface area contributed by atoms with Gasteiger partial charge >= 0.3 is 0 Å². The molecule has 2 saturated heterocycles. The van der Waals surface area contributed by atoms with Gasteiger partial charge in [0.15, 0.2) is 0 Å². The van der Waals surface area contributed by atoms with E-state index >= 15 is 0 Å². The van der Waals surface area contributed by atoms with Crippen LogP contribution in [0.25, 0.3) is 0 Å². The lowest BCUT2D eigenvalue weighted by molar-refractivity contribution is -0.132. The van der Waals surface area contributed by atoms with E-state index < -0.39 is 0 Å². The fraction of sp³-hybridized carbons (Fsp3) is 0.625. The molecule has 21 heavy (non-hydrogen) atoms. The second-order valence-corrected chi connectivity index (χ2v) is 7.11. The molecule has 0 radical (unpaired) electrons. The number of thiophene rings is 1. The molecular weight excluding hydrogens is 284 g/mol. The Balaban J connectivity index is 1.74. The average Bonchev–Trinajstić information content (AvgIpc) is 2.85. The molecule has 2 atom stereocenters. The van der Waals surface area contributed by atoms with Crippen molar-refractivity contribution in [2.24, 2.45) is 5.92 Å². The van der Waals surface area contributed by atoms with Gasteiger partial charge in [0.05, 0.1) is 4.88 Å². The number of fused-ring (bicyclic) bond motifs is 1. The predicted octanol–water partition coefficient (Wildman–Crippen LogP) is 2.53. The van der Waals surface area contributed by atoms with E-state index in [2.05, 4.69) is 0 Å². The minimum Gasteiger partial charge on any atom is -0.342 e. The van der Waals surface area contributed by atoms with Crippen LogP contribution in [0.2, 0.25) is 0 Å². The third-order valence-electron chi connectivity index (χ3n) is 4.89. The highest BCUT2D eigenvalue weighted by Gasteiger charge is 2.37. The van der Waals surface area contributed by atoms with Crippen LogP contribution in [0.15, 0.2) is 11.4 Å². The van der Waals surface area contributed by atoms with E-state index in [1.165, 1.54) is 11.3 Å². The molecule has 114 valence electrons. The zero-order chi connectivity index (χ0) is 15.0. The van der Waals surface area contributed by atoms with Crippen LogP contribution < -0.4 is 0 Å². The number of rotatable bonds is 1. The first-order valence-electron chi connectivity index (χ1n) is 7.67. The second kappa shape index (κ2) is 5.79. The minimum atomic E-state index is 0.166. The quantitative estimate of drug-likeness (QED) is 0.800. The fourth-order valence-corrected chi connectivity index (χ4v) is 4.50. The number of hydrogen-bond acceptors (Lipinski definition) is 3. The van der Waals surface area contributed by atoms with Gasteiger partial charge in [0.25, 0.3) is 5.91 Å². The predicted molar refractivity (Wildman–Crippen MR) is 83.5 cm³/mol. The molecule has 2 fully saturated rings. The number of hydrogen-bond donors (Lipinski definition) is 0. The van der Waals surface area contributed by atoms with E-state index in [0.29, 0.717) is 18.4 Å². The number of aryl methyl sites for hydroxylation is 1. The molecule has 0 bridgehead atoms. The molecule has 3 rings (SSSR count). The van der Waals surface area contributed by atoms with E-state index in [-0.39, 0.29) is 11.8 Å². The lowest BCUT2D eigenvalue weighted by Gasteiger charge is -2.41. The van der Waals surface area contributed by atoms with Crippen molar-refractivity contribution in [3.8, 4) is 0 Å². The third-order valence-corrected chi connectivity index (χ3v) is 5.90. The second-order valence-electron chi connectivity index (χ2n) is 6.20. The van der Waals surface area contributed by atoms with Gasteiger partial charge in [0, 0.05) is 32.6 Å². The lowest BCUT2D eigenvalue weighted by atomic mass is 9.88. The smallest absolute Gasteiger partial charge is 0.264 e. The van der Waals surface area contributed by atoms with Crippen LogP contribution in [0.1, 0.15) is 40.9 Å². The van der Waals surface area contributed by atoms with E-state index in [4.69, 9.17) is 0 Å². The number of carbonyl (C=O) groups excluding carboxylic acids is 2.